The lowest BCUT2D eigenvalue weighted by molar-refractivity contribution is 0.0586. The van der Waals surface area contributed by atoms with E-state index >= 15 is 0 Å². The summed E-state index contributed by atoms with van der Waals surface area (Å²) in [6, 6.07) is 5.75. The van der Waals surface area contributed by atoms with Crippen LogP contribution in [0.15, 0.2) is 24.3 Å². The van der Waals surface area contributed by atoms with Gasteiger partial charge in [0.2, 0.25) is 0 Å². The summed E-state index contributed by atoms with van der Waals surface area (Å²) in [6.07, 6.45) is -2.71. The fourth-order valence-corrected chi connectivity index (χ4v) is 1.23. The lowest BCUT2D eigenvalue weighted by Gasteiger charge is -2.24. The van der Waals surface area contributed by atoms with Crippen LogP contribution >= 0.6 is 0 Å². The summed E-state index contributed by atoms with van der Waals surface area (Å²) in [5.41, 5.74) is 4.12. The number of benzene rings is 1. The van der Waals surface area contributed by atoms with Gasteiger partial charge in [-0.25, -0.2) is 13.6 Å². The Morgan fingerprint density at radius 3 is 2.62 bits per heavy atom. The zero-order chi connectivity index (χ0) is 12.3. The van der Waals surface area contributed by atoms with Gasteiger partial charge in [0.15, 0.2) is 0 Å². The van der Waals surface area contributed by atoms with Crippen LogP contribution in [-0.4, -0.2) is 19.5 Å². The van der Waals surface area contributed by atoms with Gasteiger partial charge in [0.1, 0.15) is 0 Å². The Balaban J connectivity index is 3.12. The Labute approximate surface area is 92.2 Å². The molecule has 88 valence electrons. The molecule has 0 aliphatic heterocycles. The van der Waals surface area contributed by atoms with Gasteiger partial charge in [-0.1, -0.05) is 12.1 Å². The smallest absolute Gasteiger partial charge is 0.337 e. The third kappa shape index (κ3) is 2.36. The number of ether oxygens (including phenoxy) is 1. The van der Waals surface area contributed by atoms with Crippen molar-refractivity contribution in [3.05, 3.63) is 35.4 Å². The second-order valence-electron chi connectivity index (χ2n) is 3.66. The lowest BCUT2D eigenvalue weighted by atomic mass is 9.92. The van der Waals surface area contributed by atoms with Crippen LogP contribution in [0.4, 0.5) is 8.78 Å². The van der Waals surface area contributed by atoms with Gasteiger partial charge in [0.05, 0.1) is 18.2 Å². The van der Waals surface area contributed by atoms with E-state index in [-0.39, 0.29) is 11.1 Å². The molecule has 1 atom stereocenters. The molecule has 3 nitrogen and oxygen atoms in total. The van der Waals surface area contributed by atoms with Crippen LogP contribution in [0.3, 0.4) is 0 Å². The second kappa shape index (κ2) is 4.57. The molecule has 0 aliphatic rings. The molecular weight excluding hydrogens is 216 g/mol. The fraction of sp³-hybridized carbons (Fsp3) is 0.364. The lowest BCUT2D eigenvalue weighted by Crippen LogP contribution is -2.40. The van der Waals surface area contributed by atoms with E-state index in [2.05, 4.69) is 4.74 Å². The van der Waals surface area contributed by atoms with Crippen LogP contribution in [0.2, 0.25) is 0 Å². The third-order valence-corrected chi connectivity index (χ3v) is 2.36. The Kier molecular flexibility index (Phi) is 3.59. The van der Waals surface area contributed by atoms with Crippen molar-refractivity contribution in [2.24, 2.45) is 5.73 Å². The van der Waals surface area contributed by atoms with E-state index in [0.717, 1.165) is 0 Å². The molecule has 0 aliphatic carbocycles. The number of alkyl halides is 2. The van der Waals surface area contributed by atoms with Gasteiger partial charge in [-0.15, -0.1) is 0 Å². The largest absolute Gasteiger partial charge is 0.465 e. The van der Waals surface area contributed by atoms with Crippen molar-refractivity contribution in [3.63, 3.8) is 0 Å². The highest BCUT2D eigenvalue weighted by Gasteiger charge is 2.32. The van der Waals surface area contributed by atoms with Gasteiger partial charge in [-0.05, 0) is 24.6 Å². The van der Waals surface area contributed by atoms with Gasteiger partial charge in [0, 0.05) is 0 Å². The zero-order valence-corrected chi connectivity index (χ0v) is 9.04. The predicted octanol–water partition coefficient (Wildman–Crippen LogP) is 1.91. The summed E-state index contributed by atoms with van der Waals surface area (Å²) in [5, 5.41) is 0. The number of nitrogens with two attached hydrogens (primary N) is 1. The van der Waals surface area contributed by atoms with Crippen LogP contribution in [0.1, 0.15) is 22.8 Å². The zero-order valence-electron chi connectivity index (χ0n) is 9.04. The SMILES string of the molecule is COC(=O)c1cccc(C(C)(N)C(F)F)c1. The molecule has 0 saturated heterocycles. The first-order valence-electron chi connectivity index (χ1n) is 4.65. The predicted molar refractivity (Wildman–Crippen MR) is 55.3 cm³/mol. The fourth-order valence-electron chi connectivity index (χ4n) is 1.23. The summed E-state index contributed by atoms with van der Waals surface area (Å²) < 4.78 is 29.8. The molecule has 0 amide bonds. The average molecular weight is 229 g/mol. The number of methoxy groups -OCH3 is 1. The number of hydrogen-bond acceptors (Lipinski definition) is 3. The molecular formula is C11H13F2NO2. The Morgan fingerprint density at radius 1 is 1.50 bits per heavy atom. The molecule has 1 aromatic carbocycles. The quantitative estimate of drug-likeness (QED) is 0.805. The highest BCUT2D eigenvalue weighted by atomic mass is 19.3. The van der Waals surface area contributed by atoms with Gasteiger partial charge >= 0.3 is 5.97 Å². The van der Waals surface area contributed by atoms with Crippen LogP contribution in [0, 0.1) is 0 Å². The van der Waals surface area contributed by atoms with Gasteiger partial charge in [-0.2, -0.15) is 0 Å². The number of carbonyl (C=O) groups is 1. The van der Waals surface area contributed by atoms with E-state index in [1.54, 1.807) is 0 Å². The maximum absolute atomic E-state index is 12.7. The molecule has 0 spiro atoms. The maximum atomic E-state index is 12.7. The van der Waals surface area contributed by atoms with Gasteiger partial charge < -0.3 is 10.5 Å². The van der Waals surface area contributed by atoms with E-state index in [0.29, 0.717) is 0 Å². The molecule has 0 bridgehead atoms. The van der Waals surface area contributed by atoms with Crippen molar-refractivity contribution in [1.29, 1.82) is 0 Å². The number of hydrogen-bond donors (Lipinski definition) is 1. The van der Waals surface area contributed by atoms with Crippen LogP contribution < -0.4 is 5.73 Å². The number of halogens is 2. The molecule has 0 heterocycles. The van der Waals surface area contributed by atoms with E-state index in [1.807, 2.05) is 0 Å². The molecule has 1 aromatic rings. The summed E-state index contributed by atoms with van der Waals surface area (Å²) in [4.78, 5) is 11.2. The topological polar surface area (TPSA) is 52.3 Å². The Bertz CT molecular complexity index is 391. The third-order valence-electron chi connectivity index (χ3n) is 2.36. The summed E-state index contributed by atoms with van der Waals surface area (Å²) in [5.74, 6) is -0.577. The van der Waals surface area contributed by atoms with Gasteiger partial charge in [0.25, 0.3) is 6.43 Å². The molecule has 1 rings (SSSR count). The molecule has 0 fully saturated rings. The van der Waals surface area contributed by atoms with Crippen LogP contribution in [-0.2, 0) is 10.3 Å². The minimum atomic E-state index is -2.71. The first-order chi connectivity index (χ1) is 7.39. The summed E-state index contributed by atoms with van der Waals surface area (Å²) >= 11 is 0. The number of carbonyl (C=O) groups excluding carboxylic acids is 1. The number of rotatable bonds is 3. The van der Waals surface area contributed by atoms with Crippen molar-refractivity contribution in [3.8, 4) is 0 Å². The monoisotopic (exact) mass is 229 g/mol. The normalized spacial score (nSPS) is 14.6. The first kappa shape index (κ1) is 12.6. The highest BCUT2D eigenvalue weighted by molar-refractivity contribution is 5.89. The van der Waals surface area contributed by atoms with Crippen LogP contribution in [0.5, 0.6) is 0 Å². The Morgan fingerprint density at radius 2 is 2.12 bits per heavy atom. The second-order valence-corrected chi connectivity index (χ2v) is 3.66. The van der Waals surface area contributed by atoms with Crippen molar-refractivity contribution in [1.82, 2.24) is 0 Å². The molecule has 16 heavy (non-hydrogen) atoms. The minimum Gasteiger partial charge on any atom is -0.465 e. The van der Waals surface area contributed by atoms with E-state index < -0.39 is 17.9 Å². The average Bonchev–Trinajstić information content (AvgIpc) is 2.28. The van der Waals surface area contributed by atoms with E-state index in [4.69, 9.17) is 5.73 Å². The van der Waals surface area contributed by atoms with Gasteiger partial charge in [-0.3, -0.25) is 0 Å². The maximum Gasteiger partial charge on any atom is 0.337 e. The Hall–Kier alpha value is -1.49. The molecule has 2 N–H and O–H groups in total. The number of esters is 1. The minimum absolute atomic E-state index is 0.199. The molecule has 1 unspecified atom stereocenters. The first-order valence-corrected chi connectivity index (χ1v) is 4.65. The van der Waals surface area contributed by atoms with E-state index in [1.165, 1.54) is 38.3 Å². The van der Waals surface area contributed by atoms with Crippen molar-refractivity contribution in [2.75, 3.05) is 7.11 Å². The molecule has 0 aromatic heterocycles. The van der Waals surface area contributed by atoms with Crippen LogP contribution in [0.25, 0.3) is 0 Å². The molecule has 0 radical (unpaired) electrons. The standard InChI is InChI=1S/C11H13F2NO2/c1-11(14,10(12)13)8-5-3-4-7(6-8)9(15)16-2/h3-6,10H,14H2,1-2H3. The molecule has 0 saturated carbocycles. The summed E-state index contributed by atoms with van der Waals surface area (Å²) in [6.45, 7) is 1.22. The van der Waals surface area contributed by atoms with E-state index in [9.17, 15) is 13.6 Å². The summed E-state index contributed by atoms with van der Waals surface area (Å²) in [7, 11) is 1.23. The highest BCUT2D eigenvalue weighted by Crippen LogP contribution is 2.25. The van der Waals surface area contributed by atoms with Crippen molar-refractivity contribution >= 4 is 5.97 Å². The van der Waals surface area contributed by atoms with Crippen molar-refractivity contribution < 1.29 is 18.3 Å². The molecule has 5 heteroatoms. The van der Waals surface area contributed by atoms with Crippen molar-refractivity contribution in [2.45, 2.75) is 18.9 Å².